The average molecular weight is 349 g/mol. The van der Waals surface area contributed by atoms with Crippen LogP contribution in [0.25, 0.3) is 0 Å². The van der Waals surface area contributed by atoms with Crippen LogP contribution in [0.2, 0.25) is 0 Å². The molecular formula is C13H13F2NO2S3. The first-order chi connectivity index (χ1) is 9.79. The fourth-order valence-electron chi connectivity index (χ4n) is 1.82. The van der Waals surface area contributed by atoms with Crippen LogP contribution in [-0.2, 0) is 10.0 Å². The Morgan fingerprint density at radius 1 is 1.24 bits per heavy atom. The Bertz CT molecular complexity index is 742. The molecule has 0 saturated heterocycles. The molecule has 0 aliphatic carbocycles. The predicted octanol–water partition coefficient (Wildman–Crippen LogP) is 4.48. The van der Waals surface area contributed by atoms with Crippen LogP contribution in [0.4, 0.5) is 14.5 Å². The minimum absolute atomic E-state index is 0.158. The molecule has 0 saturated carbocycles. The van der Waals surface area contributed by atoms with Crippen LogP contribution in [0.5, 0.6) is 0 Å². The summed E-state index contributed by atoms with van der Waals surface area (Å²) in [7, 11) is -3.78. The number of nitrogens with one attached hydrogen (secondary N) is 1. The number of sulfonamides is 1. The molecule has 1 heterocycles. The van der Waals surface area contributed by atoms with Crippen molar-refractivity contribution >= 4 is 38.8 Å². The van der Waals surface area contributed by atoms with Gasteiger partial charge in [-0.2, -0.15) is 8.78 Å². The Kier molecular flexibility index (Phi) is 4.90. The molecule has 3 nitrogen and oxygen atoms in total. The second-order valence-electron chi connectivity index (χ2n) is 4.26. The number of benzene rings is 1. The van der Waals surface area contributed by atoms with Gasteiger partial charge in [-0.3, -0.25) is 4.72 Å². The zero-order valence-corrected chi connectivity index (χ0v) is 13.7. The summed E-state index contributed by atoms with van der Waals surface area (Å²) >= 11 is 1.69. The van der Waals surface area contributed by atoms with Crippen molar-refractivity contribution in [3.8, 4) is 0 Å². The van der Waals surface area contributed by atoms with E-state index >= 15 is 0 Å². The Balaban J connectivity index is 2.35. The summed E-state index contributed by atoms with van der Waals surface area (Å²) in [4.78, 5) is 1.92. The highest BCUT2D eigenvalue weighted by Gasteiger charge is 2.21. The van der Waals surface area contributed by atoms with Crippen molar-refractivity contribution in [3.05, 3.63) is 40.1 Å². The lowest BCUT2D eigenvalue weighted by Gasteiger charge is -2.11. The summed E-state index contributed by atoms with van der Waals surface area (Å²) in [5.74, 6) is -2.61. The number of thiophene rings is 1. The first-order valence-electron chi connectivity index (χ1n) is 5.93. The number of hydrogen-bond donors (Lipinski definition) is 1. The number of halogens is 2. The van der Waals surface area contributed by atoms with Crippen LogP contribution in [0, 0.1) is 13.8 Å². The van der Waals surface area contributed by atoms with E-state index in [1.807, 2.05) is 6.92 Å². The minimum atomic E-state index is -3.78. The van der Waals surface area contributed by atoms with Crippen molar-refractivity contribution in [2.24, 2.45) is 0 Å². The molecule has 0 atom stereocenters. The van der Waals surface area contributed by atoms with E-state index in [-0.39, 0.29) is 15.5 Å². The van der Waals surface area contributed by atoms with E-state index in [1.54, 1.807) is 25.1 Å². The smallest absolute Gasteiger partial charge is 0.278 e. The molecule has 0 amide bonds. The zero-order valence-electron chi connectivity index (χ0n) is 11.3. The molecule has 0 bridgehead atoms. The fraction of sp³-hybridized carbons (Fsp3) is 0.231. The molecule has 2 rings (SSSR count). The van der Waals surface area contributed by atoms with Crippen molar-refractivity contribution in [1.82, 2.24) is 0 Å². The lowest BCUT2D eigenvalue weighted by atomic mass is 10.3. The van der Waals surface area contributed by atoms with Gasteiger partial charge in [0.25, 0.3) is 15.8 Å². The quantitative estimate of drug-likeness (QED) is 0.810. The fourth-order valence-corrected chi connectivity index (χ4v) is 5.12. The van der Waals surface area contributed by atoms with Gasteiger partial charge in [-0.15, -0.1) is 11.3 Å². The number of alkyl halides is 2. The van der Waals surface area contributed by atoms with Gasteiger partial charge in [0, 0.05) is 14.6 Å². The highest BCUT2D eigenvalue weighted by Crippen LogP contribution is 2.34. The summed E-state index contributed by atoms with van der Waals surface area (Å²) in [5, 5.41) is 0. The molecule has 0 unspecified atom stereocenters. The van der Waals surface area contributed by atoms with Gasteiger partial charge in [0.2, 0.25) is 0 Å². The van der Waals surface area contributed by atoms with Crippen molar-refractivity contribution in [2.45, 2.75) is 29.4 Å². The van der Waals surface area contributed by atoms with Gasteiger partial charge in [0.15, 0.2) is 0 Å². The van der Waals surface area contributed by atoms with E-state index in [0.29, 0.717) is 16.6 Å². The normalized spacial score (nSPS) is 11.9. The van der Waals surface area contributed by atoms with Gasteiger partial charge >= 0.3 is 0 Å². The van der Waals surface area contributed by atoms with Gasteiger partial charge in [0.1, 0.15) is 4.90 Å². The molecule has 1 aromatic carbocycles. The van der Waals surface area contributed by atoms with Crippen LogP contribution in [0.15, 0.2) is 40.1 Å². The van der Waals surface area contributed by atoms with E-state index in [1.165, 1.54) is 23.5 Å². The Morgan fingerprint density at radius 3 is 2.48 bits per heavy atom. The third kappa shape index (κ3) is 3.96. The molecule has 0 fully saturated rings. The van der Waals surface area contributed by atoms with Crippen LogP contribution in [-0.4, -0.2) is 14.2 Å². The summed E-state index contributed by atoms with van der Waals surface area (Å²) in [6.07, 6.45) is 0. The number of hydrogen-bond acceptors (Lipinski definition) is 4. The maximum absolute atomic E-state index is 12.5. The average Bonchev–Trinajstić information content (AvgIpc) is 2.71. The molecule has 0 aliphatic heterocycles. The van der Waals surface area contributed by atoms with Crippen LogP contribution < -0.4 is 4.72 Å². The summed E-state index contributed by atoms with van der Waals surface area (Å²) < 4.78 is 52.2. The van der Waals surface area contributed by atoms with Crippen LogP contribution >= 0.6 is 23.1 Å². The van der Waals surface area contributed by atoms with Gasteiger partial charge in [-0.05, 0) is 32.0 Å². The molecule has 8 heteroatoms. The number of rotatable bonds is 5. The minimum Gasteiger partial charge on any atom is -0.278 e. The van der Waals surface area contributed by atoms with Crippen molar-refractivity contribution < 1.29 is 17.2 Å². The Labute approximate surface area is 130 Å². The number of para-hydroxylation sites is 1. The second kappa shape index (κ2) is 6.33. The van der Waals surface area contributed by atoms with Crippen LogP contribution in [0.1, 0.15) is 9.75 Å². The maximum Gasteiger partial charge on any atom is 0.288 e. The summed E-state index contributed by atoms with van der Waals surface area (Å²) in [6.45, 7) is 3.53. The van der Waals surface area contributed by atoms with E-state index in [2.05, 4.69) is 4.72 Å². The lowest BCUT2D eigenvalue weighted by molar-refractivity contribution is 0.252. The third-order valence-corrected chi connectivity index (χ3v) is 6.01. The SMILES string of the molecule is Cc1cc(S(=O)(=O)Nc2ccccc2SC(F)F)c(C)s1. The number of anilines is 1. The number of aryl methyl sites for hydroxylation is 2. The molecule has 0 radical (unpaired) electrons. The topological polar surface area (TPSA) is 46.2 Å². The molecule has 2 aromatic rings. The second-order valence-corrected chi connectivity index (χ2v) is 8.40. The third-order valence-electron chi connectivity index (χ3n) is 2.63. The highest BCUT2D eigenvalue weighted by atomic mass is 32.2. The molecule has 1 N–H and O–H groups in total. The first kappa shape index (κ1) is 16.3. The first-order valence-corrected chi connectivity index (χ1v) is 9.11. The van der Waals surface area contributed by atoms with Crippen molar-refractivity contribution in [2.75, 3.05) is 4.72 Å². The van der Waals surface area contributed by atoms with E-state index in [4.69, 9.17) is 0 Å². The maximum atomic E-state index is 12.5. The molecule has 0 aliphatic rings. The lowest BCUT2D eigenvalue weighted by Crippen LogP contribution is -2.13. The van der Waals surface area contributed by atoms with E-state index < -0.39 is 15.8 Å². The van der Waals surface area contributed by atoms with E-state index in [9.17, 15) is 17.2 Å². The monoisotopic (exact) mass is 349 g/mol. The standard InChI is InChI=1S/C13H13F2NO2S3/c1-8-7-12(9(2)19-8)21(17,18)16-10-5-3-4-6-11(10)20-13(14)15/h3-7,13,16H,1-2H3. The Hall–Kier alpha value is -1.12. The summed E-state index contributed by atoms with van der Waals surface area (Å²) in [6, 6.07) is 7.68. The molecule has 21 heavy (non-hydrogen) atoms. The molecule has 1 aromatic heterocycles. The van der Waals surface area contributed by atoms with Gasteiger partial charge in [-0.25, -0.2) is 8.42 Å². The Morgan fingerprint density at radius 2 is 1.90 bits per heavy atom. The summed E-state index contributed by atoms with van der Waals surface area (Å²) in [5.41, 5.74) is 0.158. The molecule has 0 spiro atoms. The largest absolute Gasteiger partial charge is 0.288 e. The van der Waals surface area contributed by atoms with Gasteiger partial charge in [-0.1, -0.05) is 23.9 Å². The van der Waals surface area contributed by atoms with E-state index in [0.717, 1.165) is 4.88 Å². The predicted molar refractivity (Wildman–Crippen MR) is 82.9 cm³/mol. The zero-order chi connectivity index (χ0) is 15.6. The molecule has 114 valence electrons. The number of thioether (sulfide) groups is 1. The van der Waals surface area contributed by atoms with Crippen molar-refractivity contribution in [1.29, 1.82) is 0 Å². The van der Waals surface area contributed by atoms with Crippen LogP contribution in [0.3, 0.4) is 0 Å². The van der Waals surface area contributed by atoms with Gasteiger partial charge < -0.3 is 0 Å². The van der Waals surface area contributed by atoms with Crippen molar-refractivity contribution in [3.63, 3.8) is 0 Å². The highest BCUT2D eigenvalue weighted by molar-refractivity contribution is 7.99. The molecular weight excluding hydrogens is 336 g/mol. The van der Waals surface area contributed by atoms with Gasteiger partial charge in [0.05, 0.1) is 5.69 Å².